The van der Waals surface area contributed by atoms with Crippen molar-refractivity contribution in [2.75, 3.05) is 6.61 Å². The minimum absolute atomic E-state index is 0.138. The molecule has 17 heavy (non-hydrogen) atoms. The van der Waals surface area contributed by atoms with Gasteiger partial charge < -0.3 is 4.74 Å². The Morgan fingerprint density at radius 3 is 2.47 bits per heavy atom. The van der Waals surface area contributed by atoms with Crippen LogP contribution < -0.4 is 0 Å². The lowest BCUT2D eigenvalue weighted by Gasteiger charge is -2.04. The summed E-state index contributed by atoms with van der Waals surface area (Å²) in [4.78, 5) is 11.5. The monoisotopic (exact) mass is 354 g/mol. The summed E-state index contributed by atoms with van der Waals surface area (Å²) in [6, 6.07) is 6.99. The Bertz CT molecular complexity index is 352. The van der Waals surface area contributed by atoms with Crippen molar-refractivity contribution in [2.45, 2.75) is 25.7 Å². The molecule has 1 aromatic carbocycles. The molecule has 0 aliphatic heterocycles. The number of carbonyl (C=O) groups excluding carboxylic acids is 1. The van der Waals surface area contributed by atoms with Crippen LogP contribution in [0.5, 0.6) is 0 Å². The molecule has 5 heteroatoms. The fourth-order valence-corrected chi connectivity index (χ4v) is 1.59. The number of esters is 1. The third-order valence-electron chi connectivity index (χ3n) is 2.13. The molecule has 94 valence electrons. The normalized spacial score (nSPS) is 10.6. The van der Waals surface area contributed by atoms with Crippen LogP contribution in [0.25, 0.3) is 0 Å². The summed E-state index contributed by atoms with van der Waals surface area (Å²) in [6.45, 7) is 0.192. The molecular formula is C12H13F2IO2. The Labute approximate surface area is 112 Å². The van der Waals surface area contributed by atoms with Gasteiger partial charge in [-0.2, -0.15) is 0 Å². The minimum Gasteiger partial charge on any atom is -0.462 e. The lowest BCUT2D eigenvalue weighted by molar-refractivity contribution is 0.0491. The van der Waals surface area contributed by atoms with Gasteiger partial charge in [0.2, 0.25) is 6.43 Å². The Morgan fingerprint density at radius 2 is 1.88 bits per heavy atom. The van der Waals surface area contributed by atoms with E-state index in [-0.39, 0.29) is 13.0 Å². The highest BCUT2D eigenvalue weighted by Gasteiger charge is 2.07. The van der Waals surface area contributed by atoms with Crippen LogP contribution in [0.2, 0.25) is 0 Å². The van der Waals surface area contributed by atoms with Crippen LogP contribution in [-0.2, 0) is 4.74 Å². The zero-order valence-electron chi connectivity index (χ0n) is 9.17. The van der Waals surface area contributed by atoms with Crippen LogP contribution in [0.1, 0.15) is 29.6 Å². The van der Waals surface area contributed by atoms with E-state index in [1.807, 2.05) is 12.1 Å². The number of alkyl halides is 2. The first-order chi connectivity index (χ1) is 8.09. The Balaban J connectivity index is 2.23. The van der Waals surface area contributed by atoms with Gasteiger partial charge >= 0.3 is 5.97 Å². The van der Waals surface area contributed by atoms with Gasteiger partial charge in [0, 0.05) is 9.99 Å². The molecule has 0 amide bonds. The summed E-state index contributed by atoms with van der Waals surface area (Å²) in [5, 5.41) is 0. The third kappa shape index (κ3) is 5.95. The molecule has 0 heterocycles. The van der Waals surface area contributed by atoms with Crippen molar-refractivity contribution in [3.63, 3.8) is 0 Å². The van der Waals surface area contributed by atoms with Crippen molar-refractivity contribution < 1.29 is 18.3 Å². The first-order valence-corrected chi connectivity index (χ1v) is 6.38. The highest BCUT2D eigenvalue weighted by Crippen LogP contribution is 2.09. The maximum absolute atomic E-state index is 11.8. The van der Waals surface area contributed by atoms with E-state index in [2.05, 4.69) is 22.6 Å². The van der Waals surface area contributed by atoms with E-state index in [4.69, 9.17) is 4.74 Å². The van der Waals surface area contributed by atoms with E-state index < -0.39 is 12.4 Å². The number of hydrogen-bond donors (Lipinski definition) is 0. The number of ether oxygens (including phenoxy) is 1. The van der Waals surface area contributed by atoms with Crippen LogP contribution in [0.3, 0.4) is 0 Å². The summed E-state index contributed by atoms with van der Waals surface area (Å²) in [5.41, 5.74) is 0.485. The standard InChI is InChI=1S/C12H13F2IO2/c13-11(14)3-1-2-8-17-12(16)9-4-6-10(15)7-5-9/h4-7,11H,1-3,8H2. The van der Waals surface area contributed by atoms with Gasteiger partial charge in [0.25, 0.3) is 0 Å². The van der Waals surface area contributed by atoms with Crippen molar-refractivity contribution >= 4 is 28.6 Å². The van der Waals surface area contributed by atoms with Crippen molar-refractivity contribution in [3.8, 4) is 0 Å². The Morgan fingerprint density at radius 1 is 1.24 bits per heavy atom. The summed E-state index contributed by atoms with van der Waals surface area (Å²) in [7, 11) is 0. The van der Waals surface area contributed by atoms with E-state index in [0.717, 1.165) is 3.57 Å². The van der Waals surface area contributed by atoms with Gasteiger partial charge in [0.15, 0.2) is 0 Å². The number of benzene rings is 1. The molecule has 0 aliphatic carbocycles. The van der Waals surface area contributed by atoms with Gasteiger partial charge in [-0.25, -0.2) is 13.6 Å². The van der Waals surface area contributed by atoms with E-state index in [1.54, 1.807) is 12.1 Å². The number of halogens is 3. The fourth-order valence-electron chi connectivity index (χ4n) is 1.23. The van der Waals surface area contributed by atoms with Crippen LogP contribution in [-0.4, -0.2) is 19.0 Å². The zero-order valence-corrected chi connectivity index (χ0v) is 11.3. The number of rotatable bonds is 6. The van der Waals surface area contributed by atoms with Crippen molar-refractivity contribution in [1.82, 2.24) is 0 Å². The molecule has 0 aliphatic rings. The molecule has 0 atom stereocenters. The van der Waals surface area contributed by atoms with Gasteiger partial charge in [0.05, 0.1) is 12.2 Å². The molecule has 1 rings (SSSR count). The molecule has 1 aromatic rings. The second-order valence-electron chi connectivity index (χ2n) is 3.53. The minimum atomic E-state index is -2.28. The lowest BCUT2D eigenvalue weighted by atomic mass is 10.2. The molecule has 0 bridgehead atoms. The molecule has 0 radical (unpaired) electrons. The molecule has 0 aromatic heterocycles. The fraction of sp³-hybridized carbons (Fsp3) is 0.417. The van der Waals surface area contributed by atoms with E-state index in [9.17, 15) is 13.6 Å². The van der Waals surface area contributed by atoms with Gasteiger partial charge in [-0.15, -0.1) is 0 Å². The maximum Gasteiger partial charge on any atom is 0.338 e. The van der Waals surface area contributed by atoms with Gasteiger partial charge in [-0.1, -0.05) is 0 Å². The molecule has 0 N–H and O–H groups in total. The second kappa shape index (κ2) is 7.58. The Hall–Kier alpha value is -0.720. The van der Waals surface area contributed by atoms with Crippen molar-refractivity contribution in [2.24, 2.45) is 0 Å². The van der Waals surface area contributed by atoms with Crippen LogP contribution >= 0.6 is 22.6 Å². The maximum atomic E-state index is 11.8. The van der Waals surface area contributed by atoms with Crippen LogP contribution in [0.4, 0.5) is 8.78 Å². The molecule has 0 spiro atoms. The molecule has 0 saturated heterocycles. The largest absolute Gasteiger partial charge is 0.462 e. The molecule has 0 fully saturated rings. The van der Waals surface area contributed by atoms with Gasteiger partial charge in [-0.3, -0.25) is 0 Å². The lowest BCUT2D eigenvalue weighted by Crippen LogP contribution is -2.06. The number of carbonyl (C=O) groups is 1. The van der Waals surface area contributed by atoms with Crippen molar-refractivity contribution in [3.05, 3.63) is 33.4 Å². The predicted molar refractivity (Wildman–Crippen MR) is 69.3 cm³/mol. The average molecular weight is 354 g/mol. The molecular weight excluding hydrogens is 341 g/mol. The van der Waals surface area contributed by atoms with Crippen LogP contribution in [0, 0.1) is 3.57 Å². The van der Waals surface area contributed by atoms with E-state index >= 15 is 0 Å². The SMILES string of the molecule is O=C(OCCCCC(F)F)c1ccc(I)cc1. The summed E-state index contributed by atoms with van der Waals surface area (Å²) in [6.07, 6.45) is -1.57. The van der Waals surface area contributed by atoms with Gasteiger partial charge in [-0.05, 0) is 59.7 Å². The smallest absolute Gasteiger partial charge is 0.338 e. The van der Waals surface area contributed by atoms with Gasteiger partial charge in [0.1, 0.15) is 0 Å². The average Bonchev–Trinajstić information content (AvgIpc) is 2.29. The summed E-state index contributed by atoms with van der Waals surface area (Å²) >= 11 is 2.14. The predicted octanol–water partition coefficient (Wildman–Crippen LogP) is 3.88. The van der Waals surface area contributed by atoms with Crippen molar-refractivity contribution in [1.29, 1.82) is 0 Å². The summed E-state index contributed by atoms with van der Waals surface area (Å²) < 4.78 is 29.6. The summed E-state index contributed by atoms with van der Waals surface area (Å²) in [5.74, 6) is -0.404. The highest BCUT2D eigenvalue weighted by molar-refractivity contribution is 14.1. The number of hydrogen-bond acceptors (Lipinski definition) is 2. The van der Waals surface area contributed by atoms with Crippen LogP contribution in [0.15, 0.2) is 24.3 Å². The molecule has 0 saturated carbocycles. The van der Waals surface area contributed by atoms with E-state index in [1.165, 1.54) is 0 Å². The highest BCUT2D eigenvalue weighted by atomic mass is 127. The zero-order chi connectivity index (χ0) is 12.7. The quantitative estimate of drug-likeness (QED) is 0.440. The van der Waals surface area contributed by atoms with E-state index in [0.29, 0.717) is 18.4 Å². The molecule has 0 unspecified atom stereocenters. The Kier molecular flexibility index (Phi) is 6.39. The molecule has 2 nitrogen and oxygen atoms in total. The first-order valence-electron chi connectivity index (χ1n) is 5.30. The third-order valence-corrected chi connectivity index (χ3v) is 2.85. The topological polar surface area (TPSA) is 26.3 Å². The first kappa shape index (κ1) is 14.3. The number of unbranched alkanes of at least 4 members (excludes halogenated alkanes) is 1. The second-order valence-corrected chi connectivity index (χ2v) is 4.78.